The molecule has 0 unspecified atom stereocenters. The second-order valence-corrected chi connectivity index (χ2v) is 5.07. The van der Waals surface area contributed by atoms with Crippen LogP contribution in [0.25, 0.3) is 17.3 Å². The second-order valence-electron chi connectivity index (χ2n) is 4.66. The van der Waals surface area contributed by atoms with E-state index < -0.39 is 0 Å². The minimum absolute atomic E-state index is 0.186. The number of halogens is 2. The Bertz CT molecular complexity index is 724. The normalized spacial score (nSPS) is 13.6. The zero-order chi connectivity index (χ0) is 14.1. The number of benzene rings is 1. The van der Waals surface area contributed by atoms with E-state index in [-0.39, 0.29) is 5.83 Å². The van der Waals surface area contributed by atoms with E-state index >= 15 is 0 Å². The SMILES string of the molecule is O=Cc1cc2c(nc1-c1ccccc1Cl)C=C(F)CC2. The molecular formula is C16H11ClFNO. The molecule has 20 heavy (non-hydrogen) atoms. The molecule has 2 aromatic rings. The van der Waals surface area contributed by atoms with Crippen LogP contribution in [0.15, 0.2) is 36.2 Å². The van der Waals surface area contributed by atoms with Crippen molar-refractivity contribution in [2.24, 2.45) is 0 Å². The van der Waals surface area contributed by atoms with Crippen molar-refractivity contribution in [2.45, 2.75) is 12.8 Å². The molecule has 0 amide bonds. The Morgan fingerprint density at radius 2 is 2.05 bits per heavy atom. The van der Waals surface area contributed by atoms with Gasteiger partial charge in [0.15, 0.2) is 6.29 Å². The molecule has 0 N–H and O–H groups in total. The van der Waals surface area contributed by atoms with Gasteiger partial charge in [-0.05, 0) is 30.2 Å². The minimum Gasteiger partial charge on any atom is -0.298 e. The van der Waals surface area contributed by atoms with E-state index in [4.69, 9.17) is 11.6 Å². The first kappa shape index (κ1) is 13.0. The average Bonchev–Trinajstić information content (AvgIpc) is 2.46. The lowest BCUT2D eigenvalue weighted by atomic mass is 9.96. The summed E-state index contributed by atoms with van der Waals surface area (Å²) in [5.74, 6) is -0.186. The number of hydrogen-bond acceptors (Lipinski definition) is 2. The molecule has 0 fully saturated rings. The first-order valence-corrected chi connectivity index (χ1v) is 6.67. The van der Waals surface area contributed by atoms with Crippen molar-refractivity contribution < 1.29 is 9.18 Å². The van der Waals surface area contributed by atoms with Crippen LogP contribution in [-0.2, 0) is 6.42 Å². The molecule has 0 saturated carbocycles. The minimum atomic E-state index is -0.186. The van der Waals surface area contributed by atoms with Gasteiger partial charge in [0.2, 0.25) is 0 Å². The number of fused-ring (bicyclic) bond motifs is 1. The van der Waals surface area contributed by atoms with Gasteiger partial charge in [-0.2, -0.15) is 0 Å². The molecule has 100 valence electrons. The molecule has 2 nitrogen and oxygen atoms in total. The van der Waals surface area contributed by atoms with Crippen molar-refractivity contribution in [1.29, 1.82) is 0 Å². The van der Waals surface area contributed by atoms with Gasteiger partial charge in [-0.1, -0.05) is 29.8 Å². The third-order valence-corrected chi connectivity index (χ3v) is 3.68. The van der Waals surface area contributed by atoms with Gasteiger partial charge < -0.3 is 0 Å². The third-order valence-electron chi connectivity index (χ3n) is 3.35. The van der Waals surface area contributed by atoms with E-state index in [0.29, 0.717) is 40.4 Å². The first-order valence-electron chi connectivity index (χ1n) is 6.29. The quantitative estimate of drug-likeness (QED) is 0.763. The summed E-state index contributed by atoms with van der Waals surface area (Å²) in [6.07, 6.45) is 3.11. The van der Waals surface area contributed by atoms with Crippen molar-refractivity contribution in [3.8, 4) is 11.3 Å². The number of nitrogens with zero attached hydrogens (tertiary/aromatic N) is 1. The summed E-state index contributed by atoms with van der Waals surface area (Å²) in [5, 5.41) is 0.517. The largest absolute Gasteiger partial charge is 0.298 e. The highest BCUT2D eigenvalue weighted by atomic mass is 35.5. The van der Waals surface area contributed by atoms with Gasteiger partial charge in [0.05, 0.1) is 11.4 Å². The van der Waals surface area contributed by atoms with E-state index in [1.807, 2.05) is 12.1 Å². The summed E-state index contributed by atoms with van der Waals surface area (Å²) in [6.45, 7) is 0. The monoisotopic (exact) mass is 287 g/mol. The Hall–Kier alpha value is -2.00. The van der Waals surface area contributed by atoms with Gasteiger partial charge in [0.1, 0.15) is 5.83 Å². The lowest BCUT2D eigenvalue weighted by Gasteiger charge is -2.15. The molecule has 1 aromatic heterocycles. The number of hydrogen-bond donors (Lipinski definition) is 0. The van der Waals surface area contributed by atoms with Crippen LogP contribution in [0.5, 0.6) is 0 Å². The van der Waals surface area contributed by atoms with E-state index in [1.165, 1.54) is 6.08 Å². The van der Waals surface area contributed by atoms with E-state index in [0.717, 1.165) is 11.8 Å². The Morgan fingerprint density at radius 1 is 1.25 bits per heavy atom. The van der Waals surface area contributed by atoms with Gasteiger partial charge in [-0.25, -0.2) is 9.37 Å². The fourth-order valence-corrected chi connectivity index (χ4v) is 2.57. The number of aromatic nitrogens is 1. The van der Waals surface area contributed by atoms with Crippen molar-refractivity contribution in [1.82, 2.24) is 4.98 Å². The maximum atomic E-state index is 13.4. The van der Waals surface area contributed by atoms with E-state index in [1.54, 1.807) is 18.2 Å². The molecule has 0 spiro atoms. The molecule has 3 rings (SSSR count). The van der Waals surface area contributed by atoms with Crippen LogP contribution in [0, 0.1) is 0 Å². The fraction of sp³-hybridized carbons (Fsp3) is 0.125. The Kier molecular flexibility index (Phi) is 3.36. The highest BCUT2D eigenvalue weighted by Gasteiger charge is 2.17. The Morgan fingerprint density at radius 3 is 2.80 bits per heavy atom. The predicted octanol–water partition coefficient (Wildman–Crippen LogP) is 4.47. The molecule has 0 radical (unpaired) electrons. The van der Waals surface area contributed by atoms with E-state index in [9.17, 15) is 9.18 Å². The van der Waals surface area contributed by atoms with Crippen molar-refractivity contribution in [2.75, 3.05) is 0 Å². The van der Waals surface area contributed by atoms with Gasteiger partial charge >= 0.3 is 0 Å². The molecule has 1 aromatic carbocycles. The van der Waals surface area contributed by atoms with Crippen LogP contribution in [-0.4, -0.2) is 11.3 Å². The highest BCUT2D eigenvalue weighted by molar-refractivity contribution is 6.33. The maximum absolute atomic E-state index is 13.4. The molecule has 0 saturated heterocycles. The Balaban J connectivity index is 2.24. The van der Waals surface area contributed by atoms with Gasteiger partial charge in [0.25, 0.3) is 0 Å². The van der Waals surface area contributed by atoms with Crippen LogP contribution < -0.4 is 0 Å². The number of carbonyl (C=O) groups is 1. The summed E-state index contributed by atoms with van der Waals surface area (Å²) < 4.78 is 13.4. The average molecular weight is 288 g/mol. The zero-order valence-corrected chi connectivity index (χ0v) is 11.3. The van der Waals surface area contributed by atoms with Crippen molar-refractivity contribution in [3.63, 3.8) is 0 Å². The molecule has 1 aliphatic carbocycles. The molecule has 1 aliphatic rings. The zero-order valence-electron chi connectivity index (χ0n) is 10.6. The molecule has 1 heterocycles. The van der Waals surface area contributed by atoms with Crippen LogP contribution in [0.2, 0.25) is 5.02 Å². The van der Waals surface area contributed by atoms with Crippen molar-refractivity contribution in [3.05, 3.63) is 58.0 Å². The number of rotatable bonds is 2. The molecular weight excluding hydrogens is 277 g/mol. The fourth-order valence-electron chi connectivity index (χ4n) is 2.35. The smallest absolute Gasteiger partial charge is 0.152 e. The lowest BCUT2D eigenvalue weighted by Crippen LogP contribution is -2.04. The van der Waals surface area contributed by atoms with Crippen LogP contribution in [0.1, 0.15) is 28.0 Å². The summed E-state index contributed by atoms with van der Waals surface area (Å²) in [5.41, 5.74) is 3.12. The topological polar surface area (TPSA) is 30.0 Å². The highest BCUT2D eigenvalue weighted by Crippen LogP contribution is 2.32. The number of pyridine rings is 1. The molecule has 0 aliphatic heterocycles. The lowest BCUT2D eigenvalue weighted by molar-refractivity contribution is 0.112. The summed E-state index contributed by atoms with van der Waals surface area (Å²) >= 11 is 6.15. The van der Waals surface area contributed by atoms with Crippen LogP contribution in [0.4, 0.5) is 4.39 Å². The van der Waals surface area contributed by atoms with Gasteiger partial charge in [-0.15, -0.1) is 0 Å². The van der Waals surface area contributed by atoms with Gasteiger partial charge in [0, 0.05) is 22.6 Å². The summed E-state index contributed by atoms with van der Waals surface area (Å²) in [4.78, 5) is 15.7. The van der Waals surface area contributed by atoms with Crippen LogP contribution in [0.3, 0.4) is 0 Å². The third kappa shape index (κ3) is 2.25. The maximum Gasteiger partial charge on any atom is 0.152 e. The first-order chi connectivity index (χ1) is 9.69. The number of carbonyl (C=O) groups excluding carboxylic acids is 1. The predicted molar refractivity (Wildman–Crippen MR) is 77.5 cm³/mol. The number of aryl methyl sites for hydroxylation is 1. The molecule has 0 atom stereocenters. The number of aldehydes is 1. The molecule has 4 heteroatoms. The van der Waals surface area contributed by atoms with Crippen LogP contribution >= 0.6 is 11.6 Å². The molecule has 0 bridgehead atoms. The Labute approximate surface area is 120 Å². The summed E-state index contributed by atoms with van der Waals surface area (Å²) in [7, 11) is 0. The van der Waals surface area contributed by atoms with Crippen molar-refractivity contribution >= 4 is 24.0 Å². The standard InChI is InChI=1S/C16H11ClFNO/c17-14-4-2-1-3-13(14)16-11(9-20)7-10-5-6-12(18)8-15(10)19-16/h1-4,7-9H,5-6H2. The van der Waals surface area contributed by atoms with Gasteiger partial charge in [-0.3, -0.25) is 4.79 Å². The van der Waals surface area contributed by atoms with E-state index in [2.05, 4.69) is 4.98 Å². The number of allylic oxidation sites excluding steroid dienone is 1. The summed E-state index contributed by atoms with van der Waals surface area (Å²) in [6, 6.07) is 8.95. The second kappa shape index (κ2) is 5.17.